The SMILES string of the molecule is Cc1cccc(N(C(=S)Nc2cccc3ccccc23)c2ccccc2CC(N)=O)c1. The third-order valence-corrected chi connectivity index (χ3v) is 5.38. The average molecular weight is 426 g/mol. The van der Waals surface area contributed by atoms with Crippen LogP contribution in [0.3, 0.4) is 0 Å². The molecule has 0 aliphatic carbocycles. The second-order valence-electron chi connectivity index (χ2n) is 7.40. The van der Waals surface area contributed by atoms with Crippen LogP contribution in [0, 0.1) is 6.92 Å². The minimum absolute atomic E-state index is 0.134. The Morgan fingerprint density at radius 1 is 0.935 bits per heavy atom. The Kier molecular flexibility index (Phi) is 5.96. The Morgan fingerprint density at radius 3 is 2.45 bits per heavy atom. The summed E-state index contributed by atoms with van der Waals surface area (Å²) in [5.41, 5.74) is 10.1. The van der Waals surface area contributed by atoms with Crippen LogP contribution in [-0.2, 0) is 11.2 Å². The van der Waals surface area contributed by atoms with Gasteiger partial charge in [0.25, 0.3) is 0 Å². The number of thiocarbonyl (C=S) groups is 1. The number of nitrogens with one attached hydrogen (secondary N) is 1. The number of anilines is 3. The molecule has 0 aliphatic rings. The van der Waals surface area contributed by atoms with Crippen molar-refractivity contribution in [3.63, 3.8) is 0 Å². The smallest absolute Gasteiger partial charge is 0.221 e. The molecule has 4 aromatic rings. The molecule has 0 bridgehead atoms. The zero-order valence-electron chi connectivity index (χ0n) is 17.2. The maximum Gasteiger partial charge on any atom is 0.221 e. The largest absolute Gasteiger partial charge is 0.369 e. The number of nitrogens with zero attached hydrogens (tertiary/aromatic N) is 1. The quantitative estimate of drug-likeness (QED) is 0.402. The molecule has 0 saturated carbocycles. The summed E-state index contributed by atoms with van der Waals surface area (Å²) < 4.78 is 0. The molecule has 31 heavy (non-hydrogen) atoms. The lowest BCUT2D eigenvalue weighted by molar-refractivity contribution is -0.117. The number of aryl methyl sites for hydroxylation is 1. The van der Waals surface area contributed by atoms with Gasteiger partial charge in [-0.25, -0.2) is 0 Å². The Hall–Kier alpha value is -3.70. The normalized spacial score (nSPS) is 10.6. The molecule has 5 heteroatoms. The van der Waals surface area contributed by atoms with E-state index in [0.717, 1.165) is 39.0 Å². The Labute approximate surface area is 187 Å². The van der Waals surface area contributed by atoms with Crippen molar-refractivity contribution in [1.82, 2.24) is 0 Å². The van der Waals surface area contributed by atoms with Crippen molar-refractivity contribution in [2.24, 2.45) is 5.73 Å². The Balaban J connectivity index is 1.80. The number of nitrogens with two attached hydrogens (primary N) is 1. The number of rotatable bonds is 5. The summed E-state index contributed by atoms with van der Waals surface area (Å²) in [6.45, 7) is 2.04. The van der Waals surface area contributed by atoms with Crippen LogP contribution in [0.15, 0.2) is 91.0 Å². The van der Waals surface area contributed by atoms with Gasteiger partial charge in [0, 0.05) is 16.8 Å². The molecule has 154 valence electrons. The zero-order valence-corrected chi connectivity index (χ0v) is 18.0. The number of hydrogen-bond donors (Lipinski definition) is 2. The molecule has 4 nitrogen and oxygen atoms in total. The summed E-state index contributed by atoms with van der Waals surface area (Å²) in [5, 5.41) is 6.15. The first-order valence-electron chi connectivity index (χ1n) is 10.0. The van der Waals surface area contributed by atoms with Crippen LogP contribution in [0.1, 0.15) is 11.1 Å². The van der Waals surface area contributed by atoms with E-state index in [4.69, 9.17) is 18.0 Å². The molecule has 0 aliphatic heterocycles. The molecule has 0 radical (unpaired) electrons. The van der Waals surface area contributed by atoms with Crippen LogP contribution in [0.4, 0.5) is 17.1 Å². The standard InChI is InChI=1S/C26H23N3OS/c1-18-8-6-12-21(16-18)29(24-15-5-3-10-20(24)17-25(27)30)26(31)28-23-14-7-11-19-9-2-4-13-22(19)23/h2-16H,17H2,1H3,(H2,27,30)(H,28,31). The van der Waals surface area contributed by atoms with E-state index in [-0.39, 0.29) is 12.3 Å². The van der Waals surface area contributed by atoms with Crippen molar-refractivity contribution >= 4 is 51.1 Å². The van der Waals surface area contributed by atoms with E-state index in [0.29, 0.717) is 5.11 Å². The van der Waals surface area contributed by atoms with Crippen LogP contribution >= 0.6 is 12.2 Å². The molecule has 0 atom stereocenters. The lowest BCUT2D eigenvalue weighted by Crippen LogP contribution is -2.32. The van der Waals surface area contributed by atoms with Gasteiger partial charge >= 0.3 is 0 Å². The summed E-state index contributed by atoms with van der Waals surface area (Å²) in [4.78, 5) is 13.7. The number of para-hydroxylation sites is 1. The highest BCUT2D eigenvalue weighted by molar-refractivity contribution is 7.80. The fraction of sp³-hybridized carbons (Fsp3) is 0.0769. The zero-order chi connectivity index (χ0) is 21.8. The molecule has 4 aromatic carbocycles. The van der Waals surface area contributed by atoms with Gasteiger partial charge in [-0.2, -0.15) is 0 Å². The number of carbonyl (C=O) groups is 1. The third-order valence-electron chi connectivity index (χ3n) is 5.09. The van der Waals surface area contributed by atoms with Gasteiger partial charge in [-0.15, -0.1) is 0 Å². The molecular formula is C26H23N3OS. The molecule has 0 saturated heterocycles. The topological polar surface area (TPSA) is 58.4 Å². The van der Waals surface area contributed by atoms with E-state index in [1.807, 2.05) is 78.6 Å². The fourth-order valence-electron chi connectivity index (χ4n) is 3.70. The van der Waals surface area contributed by atoms with E-state index < -0.39 is 0 Å². The molecule has 0 aromatic heterocycles. The van der Waals surface area contributed by atoms with E-state index in [1.54, 1.807) is 0 Å². The maximum absolute atomic E-state index is 11.7. The number of amides is 1. The van der Waals surface area contributed by atoms with Gasteiger partial charge in [-0.05, 0) is 59.9 Å². The van der Waals surface area contributed by atoms with E-state index in [9.17, 15) is 4.79 Å². The lowest BCUT2D eigenvalue weighted by Gasteiger charge is -2.28. The second-order valence-corrected chi connectivity index (χ2v) is 7.79. The Morgan fingerprint density at radius 2 is 1.65 bits per heavy atom. The second kappa shape index (κ2) is 8.98. The van der Waals surface area contributed by atoms with E-state index >= 15 is 0 Å². The first-order valence-corrected chi connectivity index (χ1v) is 10.5. The number of carbonyl (C=O) groups excluding carboxylic acids is 1. The molecule has 1 amide bonds. The van der Waals surface area contributed by atoms with Gasteiger partial charge in [0.05, 0.1) is 12.1 Å². The first-order chi connectivity index (χ1) is 15.0. The van der Waals surface area contributed by atoms with Gasteiger partial charge in [0.15, 0.2) is 5.11 Å². The van der Waals surface area contributed by atoms with Crippen molar-refractivity contribution in [3.05, 3.63) is 102 Å². The van der Waals surface area contributed by atoms with E-state index in [2.05, 4.69) is 29.6 Å². The minimum atomic E-state index is -0.385. The number of hydrogen-bond acceptors (Lipinski definition) is 2. The number of fused-ring (bicyclic) bond motifs is 1. The third kappa shape index (κ3) is 4.57. The van der Waals surface area contributed by atoms with Gasteiger partial charge in [0.2, 0.25) is 5.91 Å². The summed E-state index contributed by atoms with van der Waals surface area (Å²) in [6.07, 6.45) is 0.134. The highest BCUT2D eigenvalue weighted by Gasteiger charge is 2.19. The van der Waals surface area contributed by atoms with Crippen molar-refractivity contribution in [1.29, 1.82) is 0 Å². The highest BCUT2D eigenvalue weighted by Crippen LogP contribution is 2.32. The number of benzene rings is 4. The molecule has 0 heterocycles. The van der Waals surface area contributed by atoms with Crippen LogP contribution in [0.25, 0.3) is 10.8 Å². The van der Waals surface area contributed by atoms with Gasteiger partial charge in [-0.3, -0.25) is 9.69 Å². The van der Waals surface area contributed by atoms with E-state index in [1.165, 1.54) is 0 Å². The predicted octanol–water partition coefficient (Wildman–Crippen LogP) is 5.71. The van der Waals surface area contributed by atoms with Crippen LogP contribution in [0.5, 0.6) is 0 Å². The molecule has 0 fully saturated rings. The molecule has 4 rings (SSSR count). The number of primary amides is 1. The van der Waals surface area contributed by atoms with Crippen molar-refractivity contribution in [2.45, 2.75) is 13.3 Å². The van der Waals surface area contributed by atoms with Crippen molar-refractivity contribution in [3.8, 4) is 0 Å². The molecule has 0 spiro atoms. The molecule has 0 unspecified atom stereocenters. The van der Waals surface area contributed by atoms with Gasteiger partial charge in [0.1, 0.15) is 0 Å². The van der Waals surface area contributed by atoms with Crippen LogP contribution < -0.4 is 16.0 Å². The van der Waals surface area contributed by atoms with Gasteiger partial charge < -0.3 is 11.1 Å². The summed E-state index contributed by atoms with van der Waals surface area (Å²) in [6, 6.07) is 30.1. The van der Waals surface area contributed by atoms with Crippen LogP contribution in [0.2, 0.25) is 0 Å². The maximum atomic E-state index is 11.7. The monoisotopic (exact) mass is 425 g/mol. The highest BCUT2D eigenvalue weighted by atomic mass is 32.1. The van der Waals surface area contributed by atoms with Crippen molar-refractivity contribution in [2.75, 3.05) is 10.2 Å². The van der Waals surface area contributed by atoms with Crippen LogP contribution in [-0.4, -0.2) is 11.0 Å². The molecule has 3 N–H and O–H groups in total. The van der Waals surface area contributed by atoms with Gasteiger partial charge in [-0.1, -0.05) is 66.7 Å². The first kappa shape index (κ1) is 20.6. The van der Waals surface area contributed by atoms with Crippen molar-refractivity contribution < 1.29 is 4.79 Å². The molecular weight excluding hydrogens is 402 g/mol. The predicted molar refractivity (Wildman–Crippen MR) is 133 cm³/mol. The minimum Gasteiger partial charge on any atom is -0.369 e. The summed E-state index contributed by atoms with van der Waals surface area (Å²) in [5.74, 6) is -0.385. The summed E-state index contributed by atoms with van der Waals surface area (Å²) >= 11 is 5.90. The lowest BCUT2D eigenvalue weighted by atomic mass is 10.1. The fourth-order valence-corrected chi connectivity index (χ4v) is 4.02. The summed E-state index contributed by atoms with van der Waals surface area (Å²) in [7, 11) is 0. The average Bonchev–Trinajstić information content (AvgIpc) is 2.75. The Bertz CT molecular complexity index is 1260.